The predicted octanol–water partition coefficient (Wildman–Crippen LogP) is 4.98. The third-order valence-electron chi connectivity index (χ3n) is 7.23. The Labute approximate surface area is 227 Å². The van der Waals surface area contributed by atoms with Gasteiger partial charge in [0, 0.05) is 36.8 Å². The topological polar surface area (TPSA) is 114 Å². The summed E-state index contributed by atoms with van der Waals surface area (Å²) < 4.78 is 46.8. The Morgan fingerprint density at radius 1 is 1.07 bits per heavy atom. The second-order valence-electron chi connectivity index (χ2n) is 10.3. The van der Waals surface area contributed by atoms with Gasteiger partial charge in [0.05, 0.1) is 18.0 Å². The first-order valence-electron chi connectivity index (χ1n) is 12.7. The normalized spacial score (nSPS) is 14.8. The molecule has 4 aromatic rings. The summed E-state index contributed by atoms with van der Waals surface area (Å²) in [5, 5.41) is 17.5. The first-order chi connectivity index (χ1) is 19.0. The molecule has 1 aliphatic heterocycles. The molecule has 9 nitrogen and oxygen atoms in total. The highest BCUT2D eigenvalue weighted by molar-refractivity contribution is 5.58. The van der Waals surface area contributed by atoms with Gasteiger partial charge in [-0.15, -0.1) is 0 Å². The van der Waals surface area contributed by atoms with Gasteiger partial charge in [0.1, 0.15) is 11.5 Å². The second-order valence-corrected chi connectivity index (χ2v) is 10.3. The molecule has 1 aromatic carbocycles. The molecule has 40 heavy (non-hydrogen) atoms. The molecule has 12 heteroatoms. The summed E-state index contributed by atoms with van der Waals surface area (Å²) in [6.07, 6.45) is -1.14. The Hall–Kier alpha value is -4.53. The quantitative estimate of drug-likeness (QED) is 0.331. The molecule has 1 aliphatic rings. The van der Waals surface area contributed by atoms with E-state index in [1.807, 2.05) is 6.07 Å². The number of halogens is 3. The Kier molecular flexibility index (Phi) is 7.14. The summed E-state index contributed by atoms with van der Waals surface area (Å²) in [6.45, 7) is 3.92. The number of nitriles is 1. The number of piperidine rings is 1. The van der Waals surface area contributed by atoms with Crippen LogP contribution in [0.15, 0.2) is 64.0 Å². The highest BCUT2D eigenvalue weighted by Crippen LogP contribution is 2.40. The molecule has 0 radical (unpaired) electrons. The minimum atomic E-state index is -4.39. The lowest BCUT2D eigenvalue weighted by Crippen LogP contribution is -2.36. The van der Waals surface area contributed by atoms with Crippen LogP contribution in [0.3, 0.4) is 0 Å². The van der Waals surface area contributed by atoms with Crippen molar-refractivity contribution in [1.29, 1.82) is 5.26 Å². The SMILES string of the molecule is CC(C)(c1ccc(-c2noc(-c3ccc(=O)n(Cc4ccnc(N5CCC(C#N)CC5)c4)n3)n2)cc1)C(F)(F)F. The van der Waals surface area contributed by atoms with Gasteiger partial charge in [-0.25, -0.2) is 9.67 Å². The van der Waals surface area contributed by atoms with E-state index in [0.717, 1.165) is 51.2 Å². The average Bonchev–Trinajstić information content (AvgIpc) is 3.44. The smallest absolute Gasteiger partial charge is 0.357 e. The van der Waals surface area contributed by atoms with Gasteiger partial charge < -0.3 is 9.42 Å². The number of rotatable bonds is 6. The predicted molar refractivity (Wildman–Crippen MR) is 140 cm³/mol. The van der Waals surface area contributed by atoms with Crippen molar-refractivity contribution in [2.45, 2.75) is 44.8 Å². The number of benzene rings is 1. The van der Waals surface area contributed by atoms with Crippen LogP contribution in [-0.4, -0.2) is 44.2 Å². The maximum absolute atomic E-state index is 13.4. The van der Waals surface area contributed by atoms with Crippen LogP contribution in [0.4, 0.5) is 19.0 Å². The van der Waals surface area contributed by atoms with Gasteiger partial charge in [0.15, 0.2) is 0 Å². The summed E-state index contributed by atoms with van der Waals surface area (Å²) in [4.78, 5) is 23.5. The fourth-order valence-corrected chi connectivity index (χ4v) is 4.46. The van der Waals surface area contributed by atoms with Crippen LogP contribution in [0.5, 0.6) is 0 Å². The van der Waals surface area contributed by atoms with Crippen molar-refractivity contribution in [2.24, 2.45) is 5.92 Å². The van der Waals surface area contributed by atoms with Gasteiger partial charge in [0.25, 0.3) is 11.4 Å². The number of alkyl halides is 3. The van der Waals surface area contributed by atoms with Crippen molar-refractivity contribution in [2.75, 3.05) is 18.0 Å². The highest BCUT2D eigenvalue weighted by Gasteiger charge is 2.48. The molecule has 5 rings (SSSR count). The van der Waals surface area contributed by atoms with Gasteiger partial charge in [-0.2, -0.15) is 28.5 Å². The van der Waals surface area contributed by atoms with Gasteiger partial charge in [-0.05, 0) is 56.0 Å². The van der Waals surface area contributed by atoms with E-state index in [9.17, 15) is 18.0 Å². The molecule has 0 bridgehead atoms. The first-order valence-corrected chi connectivity index (χ1v) is 12.7. The van der Waals surface area contributed by atoms with E-state index < -0.39 is 11.6 Å². The number of anilines is 1. The zero-order valence-electron chi connectivity index (χ0n) is 21.9. The van der Waals surface area contributed by atoms with E-state index in [4.69, 9.17) is 9.78 Å². The number of hydrogen-bond donors (Lipinski definition) is 0. The summed E-state index contributed by atoms with van der Waals surface area (Å²) in [7, 11) is 0. The van der Waals surface area contributed by atoms with Crippen LogP contribution >= 0.6 is 0 Å². The van der Waals surface area contributed by atoms with Crippen LogP contribution in [0.1, 0.15) is 37.8 Å². The van der Waals surface area contributed by atoms with Crippen molar-refractivity contribution < 1.29 is 17.7 Å². The minimum Gasteiger partial charge on any atom is -0.357 e. The molecule has 0 saturated carbocycles. The molecule has 1 fully saturated rings. The van der Waals surface area contributed by atoms with E-state index in [0.29, 0.717) is 5.56 Å². The monoisotopic (exact) mass is 549 g/mol. The molecule has 3 aromatic heterocycles. The van der Waals surface area contributed by atoms with E-state index in [1.165, 1.54) is 41.1 Å². The van der Waals surface area contributed by atoms with E-state index in [2.05, 4.69) is 31.2 Å². The summed E-state index contributed by atoms with van der Waals surface area (Å²) in [5.41, 5.74) is -0.622. The number of aromatic nitrogens is 5. The van der Waals surface area contributed by atoms with Crippen LogP contribution in [-0.2, 0) is 12.0 Å². The molecule has 0 aliphatic carbocycles. The number of nitrogens with zero attached hydrogens (tertiary/aromatic N) is 7. The van der Waals surface area contributed by atoms with E-state index in [1.54, 1.807) is 12.3 Å². The van der Waals surface area contributed by atoms with Crippen LogP contribution in [0.2, 0.25) is 0 Å². The first kappa shape index (κ1) is 27.1. The highest BCUT2D eigenvalue weighted by atomic mass is 19.4. The molecule has 0 amide bonds. The van der Waals surface area contributed by atoms with E-state index >= 15 is 0 Å². The maximum atomic E-state index is 13.4. The van der Waals surface area contributed by atoms with Crippen molar-refractivity contribution in [3.8, 4) is 29.0 Å². The molecular formula is C28H26F3N7O2. The third-order valence-corrected chi connectivity index (χ3v) is 7.23. The fourth-order valence-electron chi connectivity index (χ4n) is 4.46. The zero-order valence-corrected chi connectivity index (χ0v) is 21.9. The molecule has 4 heterocycles. The summed E-state index contributed by atoms with van der Waals surface area (Å²) >= 11 is 0. The fraction of sp³-hybridized carbons (Fsp3) is 0.357. The van der Waals surface area contributed by atoms with Gasteiger partial charge in [-0.1, -0.05) is 29.4 Å². The molecular weight excluding hydrogens is 523 g/mol. The Balaban J connectivity index is 1.33. The Morgan fingerprint density at radius 3 is 2.48 bits per heavy atom. The Bertz CT molecular complexity index is 1600. The minimum absolute atomic E-state index is 0.0658. The molecule has 0 spiro atoms. The molecule has 0 atom stereocenters. The zero-order chi connectivity index (χ0) is 28.5. The van der Waals surface area contributed by atoms with Crippen LogP contribution in [0.25, 0.3) is 23.0 Å². The van der Waals surface area contributed by atoms with E-state index in [-0.39, 0.29) is 41.0 Å². The summed E-state index contributed by atoms with van der Waals surface area (Å²) in [6, 6.07) is 14.7. The van der Waals surface area contributed by atoms with Crippen LogP contribution < -0.4 is 10.5 Å². The Morgan fingerprint density at radius 2 is 1.80 bits per heavy atom. The molecule has 0 N–H and O–H groups in total. The number of hydrogen-bond acceptors (Lipinski definition) is 8. The lowest BCUT2D eigenvalue weighted by molar-refractivity contribution is -0.180. The molecule has 0 unspecified atom stereocenters. The average molecular weight is 550 g/mol. The molecule has 206 valence electrons. The maximum Gasteiger partial charge on any atom is 0.397 e. The van der Waals surface area contributed by atoms with Crippen molar-refractivity contribution in [3.05, 3.63) is 76.2 Å². The summed E-state index contributed by atoms with van der Waals surface area (Å²) in [5.74, 6) is 1.10. The van der Waals surface area contributed by atoms with Gasteiger partial charge in [-0.3, -0.25) is 4.79 Å². The largest absolute Gasteiger partial charge is 0.397 e. The lowest BCUT2D eigenvalue weighted by atomic mass is 9.83. The van der Waals surface area contributed by atoms with Crippen molar-refractivity contribution in [1.82, 2.24) is 24.9 Å². The van der Waals surface area contributed by atoms with Gasteiger partial charge >= 0.3 is 6.18 Å². The van der Waals surface area contributed by atoms with Gasteiger partial charge in [0.2, 0.25) is 5.82 Å². The lowest BCUT2D eigenvalue weighted by Gasteiger charge is -2.30. The molecule has 1 saturated heterocycles. The third kappa shape index (κ3) is 5.45. The van der Waals surface area contributed by atoms with Crippen molar-refractivity contribution >= 4 is 5.82 Å². The van der Waals surface area contributed by atoms with Crippen molar-refractivity contribution in [3.63, 3.8) is 0 Å². The second kappa shape index (κ2) is 10.6. The standard InChI is InChI=1S/C28H26F3N7O2/c1-27(2,28(29,30)31)21-5-3-20(4-6-21)25-34-26(40-36-25)22-7-8-24(39)38(35-22)17-19-9-12-33-23(15-19)37-13-10-18(16-32)11-14-37/h3-9,12,15,18H,10-11,13-14,17H2,1-2H3. The van der Waals surface area contributed by atoms with Crippen LogP contribution in [0, 0.1) is 17.2 Å². The number of pyridine rings is 1.